The normalized spacial score (nSPS) is 10.5. The van der Waals surface area contributed by atoms with E-state index in [9.17, 15) is 19.2 Å². The van der Waals surface area contributed by atoms with E-state index in [0.717, 1.165) is 16.3 Å². The Morgan fingerprint density at radius 2 is 1.95 bits per heavy atom. The lowest BCUT2D eigenvalue weighted by molar-refractivity contribution is -0.139. The molecular weight excluding hydrogens is 310 g/mol. The molecule has 0 aromatic carbocycles. The number of H-pyrrole nitrogens is 1. The monoisotopic (exact) mass is 329 g/mol. The molecule has 8 nitrogen and oxygen atoms in total. The Hall–Kier alpha value is -2.03. The lowest BCUT2D eigenvalue weighted by atomic mass is 10.2. The van der Waals surface area contributed by atoms with Gasteiger partial charge in [0.25, 0.3) is 5.56 Å². The van der Waals surface area contributed by atoms with E-state index in [1.165, 1.54) is 0 Å². The molecule has 1 aromatic rings. The average Bonchev–Trinajstić information content (AvgIpc) is 2.43. The first kappa shape index (κ1) is 18.0. The van der Waals surface area contributed by atoms with Crippen LogP contribution in [0.5, 0.6) is 0 Å². The Kier molecular flexibility index (Phi) is 6.90. The number of anilines is 1. The summed E-state index contributed by atoms with van der Waals surface area (Å²) in [6, 6.07) is 0. The summed E-state index contributed by atoms with van der Waals surface area (Å²) in [6.45, 7) is 4.10. The summed E-state index contributed by atoms with van der Waals surface area (Å²) in [5.41, 5.74) is 4.08. The van der Waals surface area contributed by atoms with Gasteiger partial charge in [0.05, 0.1) is 18.1 Å². The average molecular weight is 329 g/mol. The van der Waals surface area contributed by atoms with Gasteiger partial charge in [0.1, 0.15) is 11.4 Å². The number of esters is 1. The van der Waals surface area contributed by atoms with E-state index < -0.39 is 23.0 Å². The van der Waals surface area contributed by atoms with Crippen molar-refractivity contribution < 1.29 is 14.3 Å². The van der Waals surface area contributed by atoms with Gasteiger partial charge in [0.15, 0.2) is 5.78 Å². The van der Waals surface area contributed by atoms with Crippen LogP contribution in [0.1, 0.15) is 30.6 Å². The number of ether oxygens (including phenoxy) is 1. The summed E-state index contributed by atoms with van der Waals surface area (Å²) < 4.78 is 5.89. The minimum absolute atomic E-state index is 0.00594. The fraction of sp³-hybridized carbons (Fsp3) is 0.538. The van der Waals surface area contributed by atoms with Gasteiger partial charge >= 0.3 is 11.7 Å². The molecule has 0 aliphatic heterocycles. The van der Waals surface area contributed by atoms with E-state index >= 15 is 0 Å². The number of hydrogen-bond donors (Lipinski definition) is 2. The molecule has 0 aliphatic carbocycles. The predicted octanol–water partition coefficient (Wildman–Crippen LogP) is 0.00780. The molecule has 0 spiro atoms. The number of aromatic amines is 1. The van der Waals surface area contributed by atoms with Gasteiger partial charge in [0, 0.05) is 6.54 Å². The van der Waals surface area contributed by atoms with Gasteiger partial charge in [-0.3, -0.25) is 23.9 Å². The highest BCUT2D eigenvalue weighted by Gasteiger charge is 2.19. The van der Waals surface area contributed by atoms with Crippen LogP contribution in [-0.4, -0.2) is 39.4 Å². The third-order valence-corrected chi connectivity index (χ3v) is 3.63. The Labute approximate surface area is 131 Å². The van der Waals surface area contributed by atoms with Crippen LogP contribution in [0.25, 0.3) is 0 Å². The topological polar surface area (TPSA) is 124 Å². The van der Waals surface area contributed by atoms with E-state index in [-0.39, 0.29) is 29.5 Å². The van der Waals surface area contributed by atoms with Crippen molar-refractivity contribution in [2.24, 2.45) is 0 Å². The van der Waals surface area contributed by atoms with Crippen molar-refractivity contribution in [2.75, 3.05) is 23.8 Å². The molecule has 9 heteroatoms. The van der Waals surface area contributed by atoms with Crippen LogP contribution < -0.4 is 17.0 Å². The molecule has 1 aromatic heterocycles. The van der Waals surface area contributed by atoms with E-state index in [2.05, 4.69) is 4.98 Å². The number of hydrogen-bond acceptors (Lipinski definition) is 7. The van der Waals surface area contributed by atoms with Gasteiger partial charge in [-0.1, -0.05) is 6.92 Å². The van der Waals surface area contributed by atoms with Crippen LogP contribution in [0.15, 0.2) is 9.59 Å². The second-order valence-corrected chi connectivity index (χ2v) is 5.38. The van der Waals surface area contributed by atoms with Crippen molar-refractivity contribution in [1.29, 1.82) is 0 Å². The maximum absolute atomic E-state index is 12.1. The quantitative estimate of drug-likeness (QED) is 0.508. The molecule has 0 saturated heterocycles. The fourth-order valence-corrected chi connectivity index (χ4v) is 2.49. The third kappa shape index (κ3) is 4.48. The first-order valence-electron chi connectivity index (χ1n) is 6.81. The second-order valence-electron chi connectivity index (χ2n) is 4.39. The molecule has 0 aliphatic rings. The summed E-state index contributed by atoms with van der Waals surface area (Å²) in [6.07, 6.45) is 0.626. The zero-order chi connectivity index (χ0) is 16.7. The Morgan fingerprint density at radius 3 is 2.55 bits per heavy atom. The molecular formula is C13H19N3O5S. The lowest BCUT2D eigenvalue weighted by Gasteiger charge is -2.10. The van der Waals surface area contributed by atoms with Gasteiger partial charge in [-0.15, -0.1) is 11.8 Å². The number of nitrogens with one attached hydrogen (secondary N) is 1. The Morgan fingerprint density at radius 1 is 1.27 bits per heavy atom. The SMILES string of the molecule is CCCn1c(N)c(C(=O)CSCC(=O)OCC)c(=O)[nH]c1=O. The molecule has 0 amide bonds. The molecule has 122 valence electrons. The highest BCUT2D eigenvalue weighted by molar-refractivity contribution is 8.00. The van der Waals surface area contributed by atoms with E-state index in [1.807, 2.05) is 6.92 Å². The van der Waals surface area contributed by atoms with Crippen molar-refractivity contribution in [3.63, 3.8) is 0 Å². The number of aromatic nitrogens is 2. The number of nitrogen functional groups attached to an aromatic ring is 1. The molecule has 22 heavy (non-hydrogen) atoms. The van der Waals surface area contributed by atoms with E-state index in [4.69, 9.17) is 10.5 Å². The molecule has 1 rings (SSSR count). The smallest absolute Gasteiger partial charge is 0.329 e. The number of Topliss-reactive ketones (excluding diaryl/α,β-unsaturated/α-hetero) is 1. The minimum Gasteiger partial charge on any atom is -0.465 e. The third-order valence-electron chi connectivity index (χ3n) is 2.72. The van der Waals surface area contributed by atoms with Crippen molar-refractivity contribution >= 4 is 29.3 Å². The Balaban J connectivity index is 2.90. The standard InChI is InChI=1S/C13H19N3O5S/c1-3-5-16-11(14)10(12(19)15-13(16)20)8(17)6-22-7-9(18)21-4-2/h3-7,14H2,1-2H3,(H,15,19,20). The number of nitrogens with two attached hydrogens (primary N) is 1. The first-order valence-corrected chi connectivity index (χ1v) is 7.96. The van der Waals surface area contributed by atoms with Gasteiger partial charge < -0.3 is 10.5 Å². The fourth-order valence-electron chi connectivity index (χ4n) is 1.80. The molecule has 0 saturated carbocycles. The largest absolute Gasteiger partial charge is 0.465 e. The number of ketones is 1. The zero-order valence-corrected chi connectivity index (χ0v) is 13.3. The number of rotatable bonds is 8. The van der Waals surface area contributed by atoms with Crippen molar-refractivity contribution in [3.05, 3.63) is 26.4 Å². The zero-order valence-electron chi connectivity index (χ0n) is 12.5. The van der Waals surface area contributed by atoms with Crippen molar-refractivity contribution in [3.8, 4) is 0 Å². The summed E-state index contributed by atoms with van der Waals surface area (Å²) in [5.74, 6) is -1.20. The molecule has 0 unspecified atom stereocenters. The molecule has 3 N–H and O–H groups in total. The van der Waals surface area contributed by atoms with Gasteiger partial charge in [-0.25, -0.2) is 4.79 Å². The van der Waals surface area contributed by atoms with Crippen LogP contribution >= 0.6 is 11.8 Å². The van der Waals surface area contributed by atoms with E-state index in [0.29, 0.717) is 13.0 Å². The van der Waals surface area contributed by atoms with Crippen LogP contribution in [0, 0.1) is 0 Å². The van der Waals surface area contributed by atoms with Gasteiger partial charge in [-0.05, 0) is 13.3 Å². The molecule has 1 heterocycles. The maximum Gasteiger partial charge on any atom is 0.329 e. The van der Waals surface area contributed by atoms with Crippen LogP contribution in [0.3, 0.4) is 0 Å². The lowest BCUT2D eigenvalue weighted by Crippen LogP contribution is -2.36. The maximum atomic E-state index is 12.1. The molecule has 0 atom stereocenters. The highest BCUT2D eigenvalue weighted by Crippen LogP contribution is 2.10. The summed E-state index contributed by atoms with van der Waals surface area (Å²) in [4.78, 5) is 48.8. The molecule has 0 radical (unpaired) electrons. The van der Waals surface area contributed by atoms with Crippen LogP contribution in [0.4, 0.5) is 5.82 Å². The van der Waals surface area contributed by atoms with Crippen LogP contribution in [-0.2, 0) is 16.1 Å². The second kappa shape index (κ2) is 8.42. The summed E-state index contributed by atoms with van der Waals surface area (Å²) >= 11 is 1.03. The van der Waals surface area contributed by atoms with Gasteiger partial charge in [-0.2, -0.15) is 0 Å². The van der Waals surface area contributed by atoms with E-state index in [1.54, 1.807) is 6.92 Å². The summed E-state index contributed by atoms with van der Waals surface area (Å²) in [7, 11) is 0. The number of carbonyl (C=O) groups excluding carboxylic acids is 2. The number of nitrogens with zero attached hydrogens (tertiary/aromatic N) is 1. The van der Waals surface area contributed by atoms with Crippen LogP contribution in [0.2, 0.25) is 0 Å². The number of thioether (sulfide) groups is 1. The number of carbonyl (C=O) groups is 2. The Bertz CT molecular complexity index is 665. The van der Waals surface area contributed by atoms with Gasteiger partial charge in [0.2, 0.25) is 0 Å². The van der Waals surface area contributed by atoms with Crippen molar-refractivity contribution in [2.45, 2.75) is 26.8 Å². The minimum atomic E-state index is -0.809. The highest BCUT2D eigenvalue weighted by atomic mass is 32.2. The molecule has 0 bridgehead atoms. The van der Waals surface area contributed by atoms with Crippen molar-refractivity contribution in [1.82, 2.24) is 9.55 Å². The first-order chi connectivity index (χ1) is 10.4. The summed E-state index contributed by atoms with van der Waals surface area (Å²) in [5, 5.41) is 0. The molecule has 0 fully saturated rings. The predicted molar refractivity (Wildman–Crippen MR) is 84.3 cm³/mol.